The van der Waals surface area contributed by atoms with E-state index in [1.54, 1.807) is 24.4 Å². The molecule has 4 aromatic rings. The van der Waals surface area contributed by atoms with E-state index in [0.717, 1.165) is 44.1 Å². The molecule has 5 rings (SSSR count). The Morgan fingerprint density at radius 2 is 1.83 bits per heavy atom. The van der Waals surface area contributed by atoms with Crippen molar-refractivity contribution in [3.05, 3.63) is 83.0 Å². The van der Waals surface area contributed by atoms with Crippen molar-refractivity contribution in [2.45, 2.75) is 0 Å². The van der Waals surface area contributed by atoms with Crippen LogP contribution >= 0.6 is 11.6 Å². The van der Waals surface area contributed by atoms with Crippen LogP contribution in [0.5, 0.6) is 11.5 Å². The highest BCUT2D eigenvalue weighted by Gasteiger charge is 2.14. The minimum absolute atomic E-state index is 0.0482. The van der Waals surface area contributed by atoms with Crippen LogP contribution < -0.4 is 20.3 Å². The van der Waals surface area contributed by atoms with Gasteiger partial charge in [0.25, 0.3) is 5.91 Å². The molecule has 0 radical (unpaired) electrons. The maximum Gasteiger partial charge on any atom is 0.255 e. The summed E-state index contributed by atoms with van der Waals surface area (Å²) in [6.07, 6.45) is 1.75. The number of nitrogens with zero attached hydrogens (tertiary/aromatic N) is 3. The zero-order valence-corrected chi connectivity index (χ0v) is 19.1. The van der Waals surface area contributed by atoms with Gasteiger partial charge in [0.2, 0.25) is 0 Å². The Morgan fingerprint density at radius 3 is 2.63 bits per heavy atom. The third-order valence-corrected chi connectivity index (χ3v) is 5.80. The average Bonchev–Trinajstić information content (AvgIpc) is 2.85. The smallest absolute Gasteiger partial charge is 0.255 e. The predicted molar refractivity (Wildman–Crippen MR) is 130 cm³/mol. The summed E-state index contributed by atoms with van der Waals surface area (Å²) in [6, 6.07) is 12.7. The molecule has 2 N–H and O–H groups in total. The van der Waals surface area contributed by atoms with Crippen LogP contribution in [0.3, 0.4) is 0 Å². The van der Waals surface area contributed by atoms with E-state index in [4.69, 9.17) is 21.3 Å². The van der Waals surface area contributed by atoms with E-state index >= 15 is 0 Å². The molecule has 2 heterocycles. The molecular formula is C25H20ClF2N5O2. The molecule has 1 aromatic heterocycles. The zero-order valence-electron chi connectivity index (χ0n) is 18.4. The first-order valence-electron chi connectivity index (χ1n) is 10.9. The molecule has 1 fully saturated rings. The number of amides is 1. The lowest BCUT2D eigenvalue weighted by Gasteiger charge is -2.28. The van der Waals surface area contributed by atoms with Gasteiger partial charge < -0.3 is 20.3 Å². The summed E-state index contributed by atoms with van der Waals surface area (Å²) < 4.78 is 33.8. The van der Waals surface area contributed by atoms with Gasteiger partial charge in [-0.05, 0) is 36.4 Å². The molecule has 0 aliphatic carbocycles. The minimum Gasteiger partial charge on any atom is -0.457 e. The van der Waals surface area contributed by atoms with Gasteiger partial charge >= 0.3 is 0 Å². The van der Waals surface area contributed by atoms with Gasteiger partial charge in [-0.1, -0.05) is 11.6 Å². The number of fused-ring (bicyclic) bond motifs is 1. The second kappa shape index (κ2) is 9.81. The van der Waals surface area contributed by atoms with Crippen molar-refractivity contribution in [3.63, 3.8) is 0 Å². The van der Waals surface area contributed by atoms with Crippen LogP contribution in [0.2, 0.25) is 5.02 Å². The van der Waals surface area contributed by atoms with Gasteiger partial charge in [-0.3, -0.25) is 9.78 Å². The van der Waals surface area contributed by atoms with Crippen LogP contribution in [-0.4, -0.2) is 42.1 Å². The molecule has 0 spiro atoms. The van der Waals surface area contributed by atoms with E-state index < -0.39 is 17.5 Å². The van der Waals surface area contributed by atoms with Crippen molar-refractivity contribution < 1.29 is 18.3 Å². The summed E-state index contributed by atoms with van der Waals surface area (Å²) in [6.45, 7) is 3.45. The first-order valence-corrected chi connectivity index (χ1v) is 11.3. The molecule has 178 valence electrons. The van der Waals surface area contributed by atoms with E-state index in [2.05, 4.69) is 20.5 Å². The molecule has 0 saturated carbocycles. The molecule has 1 aliphatic rings. The van der Waals surface area contributed by atoms with Crippen LogP contribution in [0.1, 0.15) is 10.4 Å². The Kier molecular flexibility index (Phi) is 6.43. The monoisotopic (exact) mass is 495 g/mol. The topological polar surface area (TPSA) is 79.4 Å². The molecule has 1 saturated heterocycles. The molecule has 3 aromatic carbocycles. The normalized spacial score (nSPS) is 13.6. The molecular weight excluding hydrogens is 476 g/mol. The second-order valence-electron chi connectivity index (χ2n) is 7.98. The van der Waals surface area contributed by atoms with Crippen molar-refractivity contribution in [2.24, 2.45) is 0 Å². The van der Waals surface area contributed by atoms with Gasteiger partial charge in [-0.15, -0.1) is 0 Å². The standard InChI is InChI=1S/C25H20ClF2N5O2/c26-20-3-1-15(9-21(20)28)25(34)31-17-10-16(27)11-19(12-17)35-18-2-4-22-23(13-18)32-24(14-30-22)33-7-5-29-6-8-33/h1-4,9-14,29H,5-8H2,(H,31,34). The molecule has 35 heavy (non-hydrogen) atoms. The van der Waals surface area contributed by atoms with Crippen molar-refractivity contribution >= 4 is 40.0 Å². The average molecular weight is 496 g/mol. The number of ether oxygens (including phenoxy) is 1. The highest BCUT2D eigenvalue weighted by Crippen LogP contribution is 2.28. The number of anilines is 2. The van der Waals surface area contributed by atoms with Gasteiger partial charge in [0.05, 0.1) is 22.3 Å². The second-order valence-corrected chi connectivity index (χ2v) is 8.38. The van der Waals surface area contributed by atoms with Crippen LogP contribution in [0.4, 0.5) is 20.3 Å². The van der Waals surface area contributed by atoms with Gasteiger partial charge in [0.15, 0.2) is 0 Å². The Morgan fingerprint density at radius 1 is 1.00 bits per heavy atom. The molecule has 1 amide bonds. The molecule has 0 bridgehead atoms. The number of halogens is 3. The molecule has 0 unspecified atom stereocenters. The van der Waals surface area contributed by atoms with E-state index in [-0.39, 0.29) is 22.0 Å². The maximum absolute atomic E-state index is 14.3. The van der Waals surface area contributed by atoms with Crippen molar-refractivity contribution in [3.8, 4) is 11.5 Å². The number of aromatic nitrogens is 2. The number of hydrogen-bond acceptors (Lipinski definition) is 6. The quantitative estimate of drug-likeness (QED) is 0.405. The first-order chi connectivity index (χ1) is 16.9. The van der Waals surface area contributed by atoms with Crippen molar-refractivity contribution in [1.29, 1.82) is 0 Å². The van der Waals surface area contributed by atoms with Gasteiger partial charge in [-0.25, -0.2) is 13.8 Å². The Hall–Kier alpha value is -3.82. The van der Waals surface area contributed by atoms with E-state index in [0.29, 0.717) is 16.8 Å². The van der Waals surface area contributed by atoms with Crippen LogP contribution in [-0.2, 0) is 0 Å². The lowest BCUT2D eigenvalue weighted by Crippen LogP contribution is -2.43. The first kappa shape index (κ1) is 22.9. The lowest BCUT2D eigenvalue weighted by atomic mass is 10.2. The van der Waals surface area contributed by atoms with Crippen LogP contribution in [0, 0.1) is 11.6 Å². The van der Waals surface area contributed by atoms with Crippen LogP contribution in [0.15, 0.2) is 60.8 Å². The summed E-state index contributed by atoms with van der Waals surface area (Å²) >= 11 is 5.66. The largest absolute Gasteiger partial charge is 0.457 e. The minimum atomic E-state index is -0.720. The third-order valence-electron chi connectivity index (χ3n) is 5.49. The zero-order chi connectivity index (χ0) is 24.4. The third kappa shape index (κ3) is 5.31. The Bertz CT molecular complexity index is 1410. The SMILES string of the molecule is O=C(Nc1cc(F)cc(Oc2ccc3ncc(N4CCNCC4)nc3c2)c1)c1ccc(Cl)c(F)c1. The molecule has 7 nitrogen and oxygen atoms in total. The highest BCUT2D eigenvalue weighted by atomic mass is 35.5. The summed E-state index contributed by atoms with van der Waals surface area (Å²) in [4.78, 5) is 23.8. The Balaban J connectivity index is 1.36. The van der Waals surface area contributed by atoms with Crippen LogP contribution in [0.25, 0.3) is 11.0 Å². The fourth-order valence-corrected chi connectivity index (χ4v) is 3.88. The van der Waals surface area contributed by atoms with Gasteiger partial charge in [0, 0.05) is 55.6 Å². The Labute approximate surface area is 204 Å². The van der Waals surface area contributed by atoms with Crippen molar-refractivity contribution in [1.82, 2.24) is 15.3 Å². The number of piperazine rings is 1. The summed E-state index contributed by atoms with van der Waals surface area (Å²) in [5.41, 5.74) is 1.56. The fourth-order valence-electron chi connectivity index (χ4n) is 3.76. The summed E-state index contributed by atoms with van der Waals surface area (Å²) in [7, 11) is 0. The highest BCUT2D eigenvalue weighted by molar-refractivity contribution is 6.30. The molecule has 0 atom stereocenters. The van der Waals surface area contributed by atoms with E-state index in [1.807, 2.05) is 0 Å². The number of rotatable bonds is 5. The van der Waals surface area contributed by atoms with Gasteiger partial charge in [0.1, 0.15) is 29.0 Å². The number of benzene rings is 3. The van der Waals surface area contributed by atoms with Crippen molar-refractivity contribution in [2.75, 3.05) is 36.4 Å². The number of hydrogen-bond donors (Lipinski definition) is 2. The molecule has 1 aliphatic heterocycles. The maximum atomic E-state index is 14.3. The number of carbonyl (C=O) groups excluding carboxylic acids is 1. The fraction of sp³-hybridized carbons (Fsp3) is 0.160. The van der Waals surface area contributed by atoms with E-state index in [1.165, 1.54) is 24.3 Å². The number of carbonyl (C=O) groups is 1. The van der Waals surface area contributed by atoms with Gasteiger partial charge in [-0.2, -0.15) is 0 Å². The summed E-state index contributed by atoms with van der Waals surface area (Å²) in [5, 5.41) is 5.75. The summed E-state index contributed by atoms with van der Waals surface area (Å²) in [5.74, 6) is -0.548. The number of nitrogens with one attached hydrogen (secondary N) is 2. The predicted octanol–water partition coefficient (Wildman–Crippen LogP) is 5.02. The molecule has 10 heteroatoms. The van der Waals surface area contributed by atoms with E-state index in [9.17, 15) is 13.6 Å². The lowest BCUT2D eigenvalue weighted by molar-refractivity contribution is 0.102.